The number of Topliss-reactive ketones (excluding diaryl/α,β-unsaturated/α-hetero) is 1. The van der Waals surface area contributed by atoms with Crippen LogP contribution >= 0.6 is 7.82 Å². The number of aliphatic hydroxyl groups is 4. The van der Waals surface area contributed by atoms with Crippen LogP contribution in [-0.2, 0) is 37.5 Å². The van der Waals surface area contributed by atoms with Crippen LogP contribution in [0.15, 0.2) is 60.8 Å². The molecule has 1 saturated carbocycles. The summed E-state index contributed by atoms with van der Waals surface area (Å²) >= 11 is 0. The fourth-order valence-electron chi connectivity index (χ4n) is 6.10. The van der Waals surface area contributed by atoms with Gasteiger partial charge in [0.2, 0.25) is 0 Å². The lowest BCUT2D eigenvalue weighted by Crippen LogP contribution is -2.29. The highest BCUT2D eigenvalue weighted by atomic mass is 31.2. The van der Waals surface area contributed by atoms with Gasteiger partial charge in [-0.05, 0) is 70.6 Å². The van der Waals surface area contributed by atoms with E-state index in [0.717, 1.165) is 51.4 Å². The number of ether oxygens (including phenoxy) is 2. The predicted molar refractivity (Wildman–Crippen MR) is 224 cm³/mol. The number of phosphoric acid groups is 1. The largest absolute Gasteiger partial charge is 0.472 e. The van der Waals surface area contributed by atoms with E-state index < -0.39 is 76.5 Å². The van der Waals surface area contributed by atoms with Crippen molar-refractivity contribution in [2.75, 3.05) is 26.4 Å². The van der Waals surface area contributed by atoms with Gasteiger partial charge in [-0.3, -0.25) is 23.4 Å². The summed E-state index contributed by atoms with van der Waals surface area (Å²) in [6.45, 7) is 1.87. The number of esters is 2. The number of carbonyl (C=O) groups is 3. The Hall–Kier alpha value is -2.74. The summed E-state index contributed by atoms with van der Waals surface area (Å²) in [4.78, 5) is 47.6. The number of hydrogen-bond donors (Lipinski definition) is 5. The molecule has 1 aliphatic rings. The van der Waals surface area contributed by atoms with Gasteiger partial charge in [0.05, 0.1) is 32.0 Å². The van der Waals surface area contributed by atoms with Crippen LogP contribution in [0.3, 0.4) is 0 Å². The summed E-state index contributed by atoms with van der Waals surface area (Å²) in [5.74, 6) is -1.97. The Morgan fingerprint density at radius 1 is 0.776 bits per heavy atom. The summed E-state index contributed by atoms with van der Waals surface area (Å²) in [5, 5.41) is 39.0. The average molecular weight is 841 g/mol. The van der Waals surface area contributed by atoms with Crippen molar-refractivity contribution in [2.24, 2.45) is 11.8 Å². The molecule has 5 N–H and O–H groups in total. The van der Waals surface area contributed by atoms with Crippen LogP contribution in [-0.4, -0.2) is 93.9 Å². The lowest BCUT2D eigenvalue weighted by molar-refractivity contribution is -0.161. The Bertz CT molecular complexity index is 1310. The van der Waals surface area contributed by atoms with Crippen molar-refractivity contribution < 1.29 is 62.8 Å². The number of carbonyl (C=O) groups excluding carboxylic acids is 3. The number of phosphoric ester groups is 1. The summed E-state index contributed by atoms with van der Waals surface area (Å²) in [6, 6.07) is 0. The minimum atomic E-state index is -4.70. The molecule has 7 atom stereocenters. The van der Waals surface area contributed by atoms with E-state index >= 15 is 0 Å². The molecule has 1 unspecified atom stereocenters. The number of allylic oxidation sites excluding steroid dienone is 9. The first-order chi connectivity index (χ1) is 27.9. The number of hydrogen-bond acceptors (Lipinski definition) is 12. The van der Waals surface area contributed by atoms with E-state index in [1.165, 1.54) is 19.3 Å². The van der Waals surface area contributed by atoms with Gasteiger partial charge in [-0.25, -0.2) is 4.57 Å². The number of ketones is 1. The molecule has 13 nitrogen and oxygen atoms in total. The van der Waals surface area contributed by atoms with E-state index in [0.29, 0.717) is 32.1 Å². The molecule has 0 heterocycles. The Morgan fingerprint density at radius 3 is 2.03 bits per heavy atom. The van der Waals surface area contributed by atoms with Gasteiger partial charge in [0.15, 0.2) is 6.10 Å². The zero-order valence-electron chi connectivity index (χ0n) is 35.0. The molecule has 0 spiro atoms. The van der Waals surface area contributed by atoms with E-state index in [1.54, 1.807) is 12.2 Å². The molecule has 0 radical (unpaired) electrons. The summed E-state index contributed by atoms with van der Waals surface area (Å²) < 4.78 is 32.6. The van der Waals surface area contributed by atoms with Crippen molar-refractivity contribution in [3.63, 3.8) is 0 Å². The fraction of sp³-hybridized carbons (Fsp3) is 0.705. The topological polar surface area (TPSA) is 206 Å². The van der Waals surface area contributed by atoms with Gasteiger partial charge in [-0.2, -0.15) is 0 Å². The molecule has 0 bridgehead atoms. The second-order valence-electron chi connectivity index (χ2n) is 14.8. The molecule has 0 aromatic carbocycles. The molecule has 0 aromatic heterocycles. The van der Waals surface area contributed by atoms with Crippen molar-refractivity contribution in [3.8, 4) is 0 Å². The summed E-state index contributed by atoms with van der Waals surface area (Å²) in [6.07, 6.45) is 29.9. The van der Waals surface area contributed by atoms with Crippen LogP contribution in [0.25, 0.3) is 0 Å². The van der Waals surface area contributed by atoms with E-state index in [2.05, 4.69) is 54.8 Å². The fourth-order valence-corrected chi connectivity index (χ4v) is 6.89. The predicted octanol–water partition coefficient (Wildman–Crippen LogP) is 7.70. The summed E-state index contributed by atoms with van der Waals surface area (Å²) in [7, 11) is -4.70. The van der Waals surface area contributed by atoms with Crippen LogP contribution in [0.2, 0.25) is 0 Å². The van der Waals surface area contributed by atoms with Gasteiger partial charge in [0.1, 0.15) is 18.5 Å². The molecular weight excluding hydrogens is 767 g/mol. The number of aliphatic hydroxyl groups excluding tert-OH is 4. The van der Waals surface area contributed by atoms with Crippen molar-refractivity contribution in [2.45, 2.75) is 160 Å². The van der Waals surface area contributed by atoms with Crippen LogP contribution in [0.5, 0.6) is 0 Å². The standard InChI is InChI=1S/C44H73O13P/c1-3-5-7-8-9-10-11-12-13-14-15-16-17-18-24-28-44(51)57-38(35-56-58(52,53)55-33-37(47)32-45)34-54-43(50)27-23-20-19-22-26-39-40(42(49)31-41(39)48)30-29-36(46)25-21-6-4-2/h9-10,12-13,15-16,19,22,29-30,36-41,45-48H,3-8,11,14,17-18,20-21,23-28,31-35H2,1-2H3,(H,52,53)/b10-9-,13-12-,16-15-,22-19-,30-29+/t36-,37-,38+,39+,40+,41-/m0/s1. The van der Waals surface area contributed by atoms with Crippen LogP contribution in [0.1, 0.15) is 136 Å². The molecule has 1 aliphatic carbocycles. The monoisotopic (exact) mass is 840 g/mol. The first kappa shape index (κ1) is 53.3. The molecule has 1 fully saturated rings. The van der Waals surface area contributed by atoms with Crippen LogP contribution in [0.4, 0.5) is 0 Å². The Kier molecular flexibility index (Phi) is 31.3. The Morgan fingerprint density at radius 2 is 1.36 bits per heavy atom. The average Bonchev–Trinajstić information content (AvgIpc) is 3.47. The van der Waals surface area contributed by atoms with Gasteiger partial charge in [0.25, 0.3) is 0 Å². The highest BCUT2D eigenvalue weighted by Gasteiger charge is 2.39. The lowest BCUT2D eigenvalue weighted by Gasteiger charge is -2.20. The molecule has 14 heteroatoms. The molecule has 0 aromatic rings. The zero-order valence-corrected chi connectivity index (χ0v) is 35.8. The maximum atomic E-state index is 12.6. The maximum absolute atomic E-state index is 12.6. The van der Waals surface area contributed by atoms with Gasteiger partial charge < -0.3 is 34.8 Å². The van der Waals surface area contributed by atoms with Crippen molar-refractivity contribution in [1.29, 1.82) is 0 Å². The van der Waals surface area contributed by atoms with Crippen molar-refractivity contribution >= 4 is 25.5 Å². The highest BCUT2D eigenvalue weighted by Crippen LogP contribution is 2.43. The Labute approximate surface area is 346 Å². The summed E-state index contributed by atoms with van der Waals surface area (Å²) in [5.41, 5.74) is 0. The molecule has 0 amide bonds. The van der Waals surface area contributed by atoms with Gasteiger partial charge >= 0.3 is 19.8 Å². The van der Waals surface area contributed by atoms with Gasteiger partial charge in [-0.15, -0.1) is 0 Å². The Balaban J connectivity index is 2.53. The molecular formula is C44H73O13P. The minimum absolute atomic E-state index is 0.0395. The van der Waals surface area contributed by atoms with E-state index in [4.69, 9.17) is 19.1 Å². The number of unbranched alkanes of at least 4 members (excludes halogenated alkanes) is 8. The van der Waals surface area contributed by atoms with Crippen LogP contribution in [0, 0.1) is 11.8 Å². The van der Waals surface area contributed by atoms with Gasteiger partial charge in [0, 0.05) is 31.1 Å². The van der Waals surface area contributed by atoms with E-state index in [-0.39, 0.29) is 31.0 Å². The van der Waals surface area contributed by atoms with E-state index in [1.807, 2.05) is 12.2 Å². The third-order valence-electron chi connectivity index (χ3n) is 9.52. The van der Waals surface area contributed by atoms with Crippen molar-refractivity contribution in [3.05, 3.63) is 60.8 Å². The quantitative estimate of drug-likeness (QED) is 0.0180. The second kappa shape index (κ2) is 34.0. The van der Waals surface area contributed by atoms with E-state index in [9.17, 15) is 39.2 Å². The number of rotatable bonds is 35. The maximum Gasteiger partial charge on any atom is 0.472 e. The molecule has 58 heavy (non-hydrogen) atoms. The highest BCUT2D eigenvalue weighted by molar-refractivity contribution is 7.47. The SMILES string of the molecule is CCCCC/C=C\C/C=C\C/C=C\CCCCC(=O)O[C@H](COC(=O)CCC/C=C\C[C@H]1[C@@H](O)CC(=O)[C@@H]1/C=C/[C@@H](O)CCCCC)COP(=O)(O)OC[C@@H](O)CO. The smallest absolute Gasteiger partial charge is 0.462 e. The van der Waals surface area contributed by atoms with Crippen LogP contribution < -0.4 is 0 Å². The molecule has 0 aliphatic heterocycles. The first-order valence-corrected chi connectivity index (χ1v) is 22.8. The third-order valence-corrected chi connectivity index (χ3v) is 10.5. The zero-order chi connectivity index (χ0) is 42.9. The van der Waals surface area contributed by atoms with Crippen molar-refractivity contribution in [1.82, 2.24) is 0 Å². The second-order valence-corrected chi connectivity index (χ2v) is 16.2. The first-order valence-electron chi connectivity index (χ1n) is 21.3. The minimum Gasteiger partial charge on any atom is -0.462 e. The normalized spacial score (nSPS) is 20.2. The molecule has 1 rings (SSSR count). The van der Waals surface area contributed by atoms with Gasteiger partial charge in [-0.1, -0.05) is 107 Å². The third kappa shape index (κ3) is 27.9. The molecule has 332 valence electrons. The molecule has 0 saturated heterocycles. The lowest BCUT2D eigenvalue weighted by atomic mass is 9.90.